The van der Waals surface area contributed by atoms with E-state index >= 15 is 0 Å². The van der Waals surface area contributed by atoms with Gasteiger partial charge in [-0.25, -0.2) is 0 Å². The van der Waals surface area contributed by atoms with Gasteiger partial charge in [0.25, 0.3) is 5.91 Å². The van der Waals surface area contributed by atoms with Crippen LogP contribution in [0.15, 0.2) is 11.4 Å². The van der Waals surface area contributed by atoms with Crippen LogP contribution in [0.25, 0.3) is 0 Å². The summed E-state index contributed by atoms with van der Waals surface area (Å²) in [4.78, 5) is 36.9. The number of carboxylic acids is 1. The molecule has 0 spiro atoms. The number of hydrogen-bond donors (Lipinski definition) is 3. The summed E-state index contributed by atoms with van der Waals surface area (Å²) in [5, 5.41) is 11.1. The molecule has 3 rings (SSSR count). The first-order chi connectivity index (χ1) is 11.0. The standard InChI is InChI=1S/C16H20N2O4S/c1-2-11-6-10(7-23-11)14(19)17-18-15(20)12-8-3-4-9(5-8)13(12)16(21)22/h6-9,12-13H,2-5H2,1H3,(H,17,19)(H,18,20)(H,21,22)/t8-,9+,12+,13+/m1/s1. The van der Waals surface area contributed by atoms with Crippen molar-refractivity contribution in [2.45, 2.75) is 32.6 Å². The molecule has 0 unspecified atom stereocenters. The van der Waals surface area contributed by atoms with Gasteiger partial charge >= 0.3 is 5.97 Å². The smallest absolute Gasteiger partial charge is 0.307 e. The van der Waals surface area contributed by atoms with Crippen LogP contribution in [0.4, 0.5) is 0 Å². The van der Waals surface area contributed by atoms with E-state index in [1.165, 1.54) is 11.3 Å². The van der Waals surface area contributed by atoms with Crippen LogP contribution in [-0.2, 0) is 16.0 Å². The van der Waals surface area contributed by atoms with Gasteiger partial charge in [-0.1, -0.05) is 6.92 Å². The fraction of sp³-hybridized carbons (Fsp3) is 0.562. The van der Waals surface area contributed by atoms with Crippen molar-refractivity contribution in [1.82, 2.24) is 10.9 Å². The highest BCUT2D eigenvalue weighted by Crippen LogP contribution is 2.52. The van der Waals surface area contributed by atoms with E-state index in [0.717, 1.165) is 30.6 Å². The molecule has 0 aliphatic heterocycles. The van der Waals surface area contributed by atoms with Crippen LogP contribution >= 0.6 is 11.3 Å². The average molecular weight is 336 g/mol. The molecular weight excluding hydrogens is 316 g/mol. The second-order valence-electron chi connectivity index (χ2n) is 6.32. The van der Waals surface area contributed by atoms with E-state index in [1.54, 1.807) is 11.4 Å². The van der Waals surface area contributed by atoms with Gasteiger partial charge in [-0.15, -0.1) is 11.3 Å². The predicted octanol–water partition coefficient (Wildman–Crippen LogP) is 1.82. The first-order valence-electron chi connectivity index (χ1n) is 7.91. The second kappa shape index (κ2) is 6.31. The Balaban J connectivity index is 1.60. The number of carbonyl (C=O) groups is 3. The van der Waals surface area contributed by atoms with Gasteiger partial charge < -0.3 is 5.11 Å². The summed E-state index contributed by atoms with van der Waals surface area (Å²) in [5.74, 6) is -2.63. The molecule has 1 heterocycles. The number of hydrogen-bond acceptors (Lipinski definition) is 4. The third-order valence-electron chi connectivity index (χ3n) is 5.07. The quantitative estimate of drug-likeness (QED) is 0.731. The molecule has 2 aliphatic carbocycles. The summed E-state index contributed by atoms with van der Waals surface area (Å²) in [6.45, 7) is 2.01. The van der Waals surface area contributed by atoms with E-state index < -0.39 is 17.8 Å². The Morgan fingerprint density at radius 3 is 2.52 bits per heavy atom. The zero-order valence-corrected chi connectivity index (χ0v) is 13.7. The van der Waals surface area contributed by atoms with Crippen molar-refractivity contribution >= 4 is 29.1 Å². The Hall–Kier alpha value is -1.89. The molecule has 23 heavy (non-hydrogen) atoms. The van der Waals surface area contributed by atoms with Crippen LogP contribution in [0.3, 0.4) is 0 Å². The maximum absolute atomic E-state index is 12.4. The third kappa shape index (κ3) is 2.97. The molecule has 2 bridgehead atoms. The fourth-order valence-electron chi connectivity index (χ4n) is 3.98. The molecule has 2 aliphatic rings. The number of thiophene rings is 1. The van der Waals surface area contributed by atoms with Crippen LogP contribution < -0.4 is 10.9 Å². The molecule has 1 aromatic heterocycles. The molecule has 4 atom stereocenters. The lowest BCUT2D eigenvalue weighted by atomic mass is 9.79. The summed E-state index contributed by atoms with van der Waals surface area (Å²) in [6, 6.07) is 1.80. The van der Waals surface area contributed by atoms with Gasteiger partial charge in [0, 0.05) is 10.3 Å². The zero-order valence-electron chi connectivity index (χ0n) is 12.9. The molecule has 3 N–H and O–H groups in total. The molecule has 0 saturated heterocycles. The maximum Gasteiger partial charge on any atom is 0.307 e. The van der Waals surface area contributed by atoms with E-state index in [0.29, 0.717) is 5.56 Å². The normalized spacial score (nSPS) is 28.6. The first kappa shape index (κ1) is 16.0. The lowest BCUT2D eigenvalue weighted by Gasteiger charge is -2.26. The topological polar surface area (TPSA) is 95.5 Å². The highest BCUT2D eigenvalue weighted by Gasteiger charge is 2.54. The molecule has 6 nitrogen and oxygen atoms in total. The highest BCUT2D eigenvalue weighted by atomic mass is 32.1. The first-order valence-corrected chi connectivity index (χ1v) is 8.79. The fourth-order valence-corrected chi connectivity index (χ4v) is 4.80. The summed E-state index contributed by atoms with van der Waals surface area (Å²) >= 11 is 1.50. The Labute approximate surface area is 138 Å². The zero-order chi connectivity index (χ0) is 16.6. The molecule has 0 radical (unpaired) electrons. The molecule has 1 aromatic rings. The molecule has 0 aromatic carbocycles. The number of carboxylic acid groups (broad SMARTS) is 1. The van der Waals surface area contributed by atoms with Gasteiger partial charge in [0.2, 0.25) is 5.91 Å². The molecular formula is C16H20N2O4S. The lowest BCUT2D eigenvalue weighted by Crippen LogP contribution is -2.48. The van der Waals surface area contributed by atoms with E-state index in [2.05, 4.69) is 10.9 Å². The minimum absolute atomic E-state index is 0.0907. The maximum atomic E-state index is 12.4. The van der Waals surface area contributed by atoms with Gasteiger partial charge in [-0.3, -0.25) is 25.2 Å². The van der Waals surface area contributed by atoms with Crippen LogP contribution in [0.5, 0.6) is 0 Å². The van der Waals surface area contributed by atoms with E-state index in [9.17, 15) is 19.5 Å². The van der Waals surface area contributed by atoms with E-state index in [-0.39, 0.29) is 23.7 Å². The summed E-state index contributed by atoms with van der Waals surface area (Å²) in [7, 11) is 0. The van der Waals surface area contributed by atoms with E-state index in [4.69, 9.17) is 0 Å². The SMILES string of the molecule is CCc1cc(C(=O)NNC(=O)[C@H]2[C@@H]3CC[C@@H](C3)[C@@H]2C(=O)O)cs1. The molecule has 2 saturated carbocycles. The van der Waals surface area contributed by atoms with Crippen molar-refractivity contribution in [3.63, 3.8) is 0 Å². The third-order valence-corrected chi connectivity index (χ3v) is 6.15. The molecule has 2 fully saturated rings. The summed E-state index contributed by atoms with van der Waals surface area (Å²) < 4.78 is 0. The minimum atomic E-state index is -0.908. The van der Waals surface area contributed by atoms with Gasteiger partial charge in [0.15, 0.2) is 0 Å². The lowest BCUT2D eigenvalue weighted by molar-refractivity contribution is -0.149. The average Bonchev–Trinajstić information content (AvgIpc) is 3.25. The minimum Gasteiger partial charge on any atom is -0.481 e. The van der Waals surface area contributed by atoms with Gasteiger partial charge in [0.1, 0.15) is 0 Å². The number of aliphatic carboxylic acids is 1. The number of aryl methyl sites for hydroxylation is 1. The Morgan fingerprint density at radius 1 is 1.22 bits per heavy atom. The van der Waals surface area contributed by atoms with Crippen molar-refractivity contribution in [1.29, 1.82) is 0 Å². The Bertz CT molecular complexity index is 642. The highest BCUT2D eigenvalue weighted by molar-refractivity contribution is 7.10. The molecule has 124 valence electrons. The largest absolute Gasteiger partial charge is 0.481 e. The number of nitrogens with one attached hydrogen (secondary N) is 2. The Morgan fingerprint density at radius 2 is 1.91 bits per heavy atom. The van der Waals surface area contributed by atoms with Crippen molar-refractivity contribution in [3.05, 3.63) is 21.9 Å². The van der Waals surface area contributed by atoms with Crippen LogP contribution in [0.1, 0.15) is 41.4 Å². The summed E-state index contributed by atoms with van der Waals surface area (Å²) in [5.41, 5.74) is 5.34. The van der Waals surface area contributed by atoms with Crippen molar-refractivity contribution < 1.29 is 19.5 Å². The molecule has 7 heteroatoms. The second-order valence-corrected chi connectivity index (χ2v) is 7.32. The van der Waals surface area contributed by atoms with Gasteiger partial charge in [-0.2, -0.15) is 0 Å². The van der Waals surface area contributed by atoms with Crippen molar-refractivity contribution in [3.8, 4) is 0 Å². The van der Waals surface area contributed by atoms with E-state index in [1.807, 2.05) is 6.92 Å². The summed E-state index contributed by atoms with van der Waals surface area (Å²) in [6.07, 6.45) is 3.43. The van der Waals surface area contributed by atoms with Crippen LogP contribution in [0.2, 0.25) is 0 Å². The Kier molecular flexibility index (Phi) is 4.39. The predicted molar refractivity (Wildman–Crippen MR) is 84.8 cm³/mol. The number of hydrazine groups is 1. The van der Waals surface area contributed by atoms with Crippen LogP contribution in [-0.4, -0.2) is 22.9 Å². The molecule has 2 amide bonds. The van der Waals surface area contributed by atoms with Crippen molar-refractivity contribution in [2.24, 2.45) is 23.7 Å². The number of rotatable bonds is 4. The monoisotopic (exact) mass is 336 g/mol. The van der Waals surface area contributed by atoms with Crippen molar-refractivity contribution in [2.75, 3.05) is 0 Å². The van der Waals surface area contributed by atoms with Gasteiger partial charge in [0.05, 0.1) is 17.4 Å². The number of fused-ring (bicyclic) bond motifs is 2. The number of amides is 2. The number of carbonyl (C=O) groups excluding carboxylic acids is 2. The van der Waals surface area contributed by atoms with Gasteiger partial charge in [-0.05, 0) is 43.6 Å². The van der Waals surface area contributed by atoms with Crippen LogP contribution in [0, 0.1) is 23.7 Å².